The van der Waals surface area contributed by atoms with Gasteiger partial charge in [0.05, 0.1) is 5.92 Å². The first-order chi connectivity index (χ1) is 9.00. The van der Waals surface area contributed by atoms with Gasteiger partial charge in [0.2, 0.25) is 5.91 Å². The largest absolute Gasteiger partial charge is 0.480 e. The summed E-state index contributed by atoms with van der Waals surface area (Å²) in [5.74, 6) is -2.16. The Balaban J connectivity index is 2.17. The van der Waals surface area contributed by atoms with Crippen molar-refractivity contribution in [2.45, 2.75) is 31.7 Å². The Morgan fingerprint density at radius 3 is 2.84 bits per heavy atom. The smallest absolute Gasteiger partial charge is 0.326 e. The van der Waals surface area contributed by atoms with Crippen LogP contribution in [0, 0.1) is 5.82 Å². The lowest BCUT2D eigenvalue weighted by molar-refractivity contribution is -0.148. The molecule has 1 aromatic rings. The van der Waals surface area contributed by atoms with Crippen LogP contribution >= 0.6 is 0 Å². The van der Waals surface area contributed by atoms with Crippen LogP contribution in [0.4, 0.5) is 4.39 Å². The number of aliphatic carboxylic acids is 1. The van der Waals surface area contributed by atoms with Crippen LogP contribution in [0.1, 0.15) is 31.2 Å². The highest BCUT2D eigenvalue weighted by Gasteiger charge is 2.36. The average molecular weight is 265 g/mol. The third-order valence-electron chi connectivity index (χ3n) is 3.54. The number of likely N-dealkylation sites (tertiary alicyclic amines) is 1. The Kier molecular flexibility index (Phi) is 3.83. The van der Waals surface area contributed by atoms with E-state index in [2.05, 4.69) is 0 Å². The van der Waals surface area contributed by atoms with Crippen molar-refractivity contribution in [2.75, 3.05) is 6.54 Å². The fraction of sp³-hybridized carbons (Fsp3) is 0.429. The second-order valence-electron chi connectivity index (χ2n) is 4.80. The van der Waals surface area contributed by atoms with E-state index in [-0.39, 0.29) is 5.91 Å². The number of carbonyl (C=O) groups is 2. The first kappa shape index (κ1) is 13.5. The molecule has 1 saturated heterocycles. The minimum absolute atomic E-state index is 0.254. The van der Waals surface area contributed by atoms with E-state index in [1.807, 2.05) is 0 Å². The van der Waals surface area contributed by atoms with E-state index >= 15 is 0 Å². The molecule has 0 saturated carbocycles. The predicted octanol–water partition coefficient (Wildman–Crippen LogP) is 2.00. The van der Waals surface area contributed by atoms with Crippen LogP contribution in [-0.2, 0) is 9.59 Å². The molecule has 0 aromatic heterocycles. The predicted molar refractivity (Wildman–Crippen MR) is 67.2 cm³/mol. The van der Waals surface area contributed by atoms with E-state index in [0.29, 0.717) is 24.9 Å². The van der Waals surface area contributed by atoms with Crippen LogP contribution in [0.25, 0.3) is 0 Å². The molecular formula is C14H16FNO3. The van der Waals surface area contributed by atoms with Gasteiger partial charge in [-0.25, -0.2) is 9.18 Å². The SMILES string of the molecule is C[C@@H](C(=O)N1CCC[C@@H]1C(=O)O)c1cccc(F)c1. The fourth-order valence-electron chi connectivity index (χ4n) is 2.45. The number of carboxylic acids is 1. The minimum Gasteiger partial charge on any atom is -0.480 e. The Morgan fingerprint density at radius 2 is 2.21 bits per heavy atom. The van der Waals surface area contributed by atoms with Gasteiger partial charge in [0.25, 0.3) is 0 Å². The van der Waals surface area contributed by atoms with E-state index in [9.17, 15) is 14.0 Å². The summed E-state index contributed by atoms with van der Waals surface area (Å²) < 4.78 is 13.2. The summed E-state index contributed by atoms with van der Waals surface area (Å²) in [5, 5.41) is 9.08. The second kappa shape index (κ2) is 5.38. The number of benzene rings is 1. The van der Waals surface area contributed by atoms with Crippen molar-refractivity contribution in [3.05, 3.63) is 35.6 Å². The van der Waals surface area contributed by atoms with E-state index in [1.165, 1.54) is 17.0 Å². The number of rotatable bonds is 3. The number of hydrogen-bond donors (Lipinski definition) is 1. The molecule has 1 N–H and O–H groups in total. The van der Waals surface area contributed by atoms with Crippen LogP contribution in [-0.4, -0.2) is 34.5 Å². The molecule has 0 unspecified atom stereocenters. The molecule has 2 rings (SSSR count). The summed E-state index contributed by atoms with van der Waals surface area (Å²) in [6, 6.07) is 5.11. The van der Waals surface area contributed by atoms with Crippen LogP contribution in [0.5, 0.6) is 0 Å². The normalized spacial score (nSPS) is 20.3. The number of amides is 1. The number of carbonyl (C=O) groups excluding carboxylic acids is 1. The van der Waals surface area contributed by atoms with Crippen LogP contribution in [0.3, 0.4) is 0 Å². The molecule has 1 amide bonds. The van der Waals surface area contributed by atoms with Crippen molar-refractivity contribution < 1.29 is 19.1 Å². The van der Waals surface area contributed by atoms with Crippen molar-refractivity contribution in [1.82, 2.24) is 4.90 Å². The molecule has 19 heavy (non-hydrogen) atoms. The third kappa shape index (κ3) is 2.75. The topological polar surface area (TPSA) is 57.6 Å². The Labute approximate surface area is 110 Å². The van der Waals surface area contributed by atoms with Gasteiger partial charge < -0.3 is 10.0 Å². The molecule has 1 fully saturated rings. The highest BCUT2D eigenvalue weighted by Crippen LogP contribution is 2.25. The Hall–Kier alpha value is -1.91. The molecule has 0 bridgehead atoms. The van der Waals surface area contributed by atoms with Gasteiger partial charge in [-0.15, -0.1) is 0 Å². The molecule has 0 radical (unpaired) electrons. The first-order valence-corrected chi connectivity index (χ1v) is 6.29. The lowest BCUT2D eigenvalue weighted by Gasteiger charge is -2.25. The standard InChI is InChI=1S/C14H16FNO3/c1-9(10-4-2-5-11(15)8-10)13(17)16-7-3-6-12(16)14(18)19/h2,4-5,8-9,12H,3,6-7H2,1H3,(H,18,19)/t9-,12-/m1/s1. The van der Waals surface area contributed by atoms with Crippen LogP contribution in [0.2, 0.25) is 0 Å². The number of carboxylic acid groups (broad SMARTS) is 1. The second-order valence-corrected chi connectivity index (χ2v) is 4.80. The molecule has 4 nitrogen and oxygen atoms in total. The zero-order valence-electron chi connectivity index (χ0n) is 10.7. The third-order valence-corrected chi connectivity index (χ3v) is 3.54. The highest BCUT2D eigenvalue weighted by molar-refractivity contribution is 5.88. The molecule has 5 heteroatoms. The maximum absolute atomic E-state index is 13.2. The van der Waals surface area contributed by atoms with Crippen molar-refractivity contribution in [3.63, 3.8) is 0 Å². The molecule has 102 valence electrons. The summed E-state index contributed by atoms with van der Waals surface area (Å²) in [4.78, 5) is 24.8. The van der Waals surface area contributed by atoms with Gasteiger partial charge in [-0.2, -0.15) is 0 Å². The monoisotopic (exact) mass is 265 g/mol. The summed E-state index contributed by atoms with van der Waals surface area (Å²) in [6.45, 7) is 2.13. The quantitative estimate of drug-likeness (QED) is 0.909. The van der Waals surface area contributed by atoms with Gasteiger partial charge in [0.15, 0.2) is 0 Å². The van der Waals surface area contributed by atoms with Gasteiger partial charge in [-0.05, 0) is 37.5 Å². The molecule has 1 aromatic carbocycles. The minimum atomic E-state index is -0.975. The van der Waals surface area contributed by atoms with Crippen molar-refractivity contribution in [2.24, 2.45) is 0 Å². The fourth-order valence-corrected chi connectivity index (χ4v) is 2.45. The average Bonchev–Trinajstić information content (AvgIpc) is 2.86. The van der Waals surface area contributed by atoms with Gasteiger partial charge in [0, 0.05) is 6.54 Å². The van der Waals surface area contributed by atoms with E-state index in [1.54, 1.807) is 19.1 Å². The van der Waals surface area contributed by atoms with Gasteiger partial charge in [0.1, 0.15) is 11.9 Å². The Bertz CT molecular complexity index is 503. The Morgan fingerprint density at radius 1 is 1.47 bits per heavy atom. The summed E-state index contributed by atoms with van der Waals surface area (Å²) >= 11 is 0. The zero-order chi connectivity index (χ0) is 14.0. The molecule has 1 aliphatic heterocycles. The molecule has 1 heterocycles. The zero-order valence-corrected chi connectivity index (χ0v) is 10.7. The lowest BCUT2D eigenvalue weighted by atomic mass is 9.99. The van der Waals surface area contributed by atoms with Gasteiger partial charge in [-0.3, -0.25) is 4.79 Å². The lowest BCUT2D eigenvalue weighted by Crippen LogP contribution is -2.42. The number of hydrogen-bond acceptors (Lipinski definition) is 2. The van der Waals surface area contributed by atoms with E-state index in [4.69, 9.17) is 5.11 Å². The van der Waals surface area contributed by atoms with Gasteiger partial charge >= 0.3 is 5.97 Å². The summed E-state index contributed by atoms with van der Waals surface area (Å²) in [6.07, 6.45) is 1.18. The van der Waals surface area contributed by atoms with Crippen molar-refractivity contribution >= 4 is 11.9 Å². The van der Waals surface area contributed by atoms with Gasteiger partial charge in [-0.1, -0.05) is 12.1 Å². The van der Waals surface area contributed by atoms with Crippen LogP contribution in [0.15, 0.2) is 24.3 Å². The van der Waals surface area contributed by atoms with Crippen LogP contribution < -0.4 is 0 Å². The van der Waals surface area contributed by atoms with Crippen molar-refractivity contribution in [1.29, 1.82) is 0 Å². The summed E-state index contributed by atoms with van der Waals surface area (Å²) in [5.41, 5.74) is 0.570. The van der Waals surface area contributed by atoms with E-state index in [0.717, 1.165) is 0 Å². The summed E-state index contributed by atoms with van der Waals surface area (Å²) in [7, 11) is 0. The first-order valence-electron chi connectivity index (χ1n) is 6.29. The number of nitrogens with zero attached hydrogens (tertiary/aromatic N) is 1. The molecule has 2 atom stereocenters. The molecule has 0 spiro atoms. The maximum Gasteiger partial charge on any atom is 0.326 e. The molecule has 1 aliphatic rings. The molecule has 0 aliphatic carbocycles. The molecular weight excluding hydrogens is 249 g/mol. The maximum atomic E-state index is 13.2. The van der Waals surface area contributed by atoms with Crippen molar-refractivity contribution in [3.8, 4) is 0 Å². The highest BCUT2D eigenvalue weighted by atomic mass is 19.1. The van der Waals surface area contributed by atoms with E-state index < -0.39 is 23.7 Å². The number of halogens is 1.